The van der Waals surface area contributed by atoms with Crippen molar-refractivity contribution >= 4 is 5.97 Å². The van der Waals surface area contributed by atoms with E-state index in [0.29, 0.717) is 26.3 Å². The van der Waals surface area contributed by atoms with E-state index in [2.05, 4.69) is 0 Å². The van der Waals surface area contributed by atoms with E-state index in [0.717, 1.165) is 6.08 Å². The van der Waals surface area contributed by atoms with Crippen molar-refractivity contribution in [2.24, 2.45) is 5.73 Å². The molecule has 1 saturated heterocycles. The van der Waals surface area contributed by atoms with Crippen molar-refractivity contribution in [3.05, 3.63) is 23.0 Å². The van der Waals surface area contributed by atoms with Crippen LogP contribution in [0, 0.1) is 22.7 Å². The Balaban J connectivity index is 3.01. The molecule has 0 aromatic heterocycles. The third-order valence-corrected chi connectivity index (χ3v) is 2.65. The van der Waals surface area contributed by atoms with Gasteiger partial charge in [0, 0.05) is 13.1 Å². The highest BCUT2D eigenvalue weighted by Crippen LogP contribution is 2.11. The minimum Gasteiger partial charge on any atom is -0.462 e. The van der Waals surface area contributed by atoms with Gasteiger partial charge in [-0.25, -0.2) is 4.79 Å². The minimum absolute atomic E-state index is 0.0662. The molecular weight excluding hydrogens is 260 g/mol. The molecular formula is C13H16N4O3. The smallest absolute Gasteiger partial charge is 0.348 e. The van der Waals surface area contributed by atoms with Crippen LogP contribution < -0.4 is 5.73 Å². The number of rotatable bonds is 4. The summed E-state index contributed by atoms with van der Waals surface area (Å²) in [5, 5.41) is 18.1. The molecule has 106 valence electrons. The Hall–Kier alpha value is -2.51. The van der Waals surface area contributed by atoms with Gasteiger partial charge in [-0.05, 0) is 13.0 Å². The summed E-state index contributed by atoms with van der Waals surface area (Å²) in [5.41, 5.74) is 5.72. The normalized spacial score (nSPS) is 16.8. The van der Waals surface area contributed by atoms with E-state index in [-0.39, 0.29) is 23.6 Å². The Kier molecular flexibility index (Phi) is 6.08. The van der Waals surface area contributed by atoms with E-state index >= 15 is 0 Å². The number of hydrogen-bond donors (Lipinski definition) is 1. The Bertz CT molecular complexity index is 505. The lowest BCUT2D eigenvalue weighted by atomic mass is 10.1. The average Bonchev–Trinajstić information content (AvgIpc) is 2.49. The van der Waals surface area contributed by atoms with Crippen molar-refractivity contribution in [3.63, 3.8) is 0 Å². The second-order valence-corrected chi connectivity index (χ2v) is 3.90. The number of nitrogens with zero attached hydrogens (tertiary/aromatic N) is 3. The van der Waals surface area contributed by atoms with Crippen molar-refractivity contribution in [1.82, 2.24) is 4.90 Å². The summed E-state index contributed by atoms with van der Waals surface area (Å²) < 4.78 is 9.92. The highest BCUT2D eigenvalue weighted by molar-refractivity contribution is 5.93. The van der Waals surface area contributed by atoms with E-state index in [1.54, 1.807) is 17.9 Å². The van der Waals surface area contributed by atoms with Crippen LogP contribution in [0.3, 0.4) is 0 Å². The SMILES string of the molecule is CCOC(=O)/C(C#N)=C/C(C#N)=C(\N)N1CCOCC1. The Labute approximate surface area is 117 Å². The molecule has 0 spiro atoms. The predicted octanol–water partition coefficient (Wildman–Crippen LogP) is 0.0256. The van der Waals surface area contributed by atoms with Crippen LogP contribution in [0.25, 0.3) is 0 Å². The first-order valence-corrected chi connectivity index (χ1v) is 6.15. The van der Waals surface area contributed by atoms with E-state index in [4.69, 9.17) is 25.7 Å². The van der Waals surface area contributed by atoms with Gasteiger partial charge in [-0.15, -0.1) is 0 Å². The molecule has 0 aromatic rings. The summed E-state index contributed by atoms with van der Waals surface area (Å²) in [6.07, 6.45) is 1.16. The number of morpholine rings is 1. The molecule has 0 radical (unpaired) electrons. The van der Waals surface area contributed by atoms with Crippen LogP contribution in [0.4, 0.5) is 0 Å². The highest BCUT2D eigenvalue weighted by Gasteiger charge is 2.17. The molecule has 7 nitrogen and oxygen atoms in total. The van der Waals surface area contributed by atoms with Gasteiger partial charge in [-0.2, -0.15) is 10.5 Å². The molecule has 0 amide bonds. The standard InChI is InChI=1S/C13H16N4O3/c1-2-20-13(18)11(9-15)7-10(8-14)12(16)17-3-5-19-6-4-17/h7H,2-6,16H2,1H3/b11-7+,12-10-. The highest BCUT2D eigenvalue weighted by atomic mass is 16.5. The van der Waals surface area contributed by atoms with E-state index < -0.39 is 5.97 Å². The van der Waals surface area contributed by atoms with E-state index in [1.165, 1.54) is 0 Å². The molecule has 0 atom stereocenters. The van der Waals surface area contributed by atoms with Crippen molar-refractivity contribution in [1.29, 1.82) is 10.5 Å². The van der Waals surface area contributed by atoms with Gasteiger partial charge in [0.15, 0.2) is 0 Å². The number of allylic oxidation sites excluding steroid dienone is 2. The Morgan fingerprint density at radius 2 is 2.05 bits per heavy atom. The number of carbonyl (C=O) groups excluding carboxylic acids is 1. The van der Waals surface area contributed by atoms with Crippen LogP contribution >= 0.6 is 0 Å². The van der Waals surface area contributed by atoms with Crippen LogP contribution in [0.2, 0.25) is 0 Å². The number of nitriles is 2. The summed E-state index contributed by atoms with van der Waals surface area (Å²) in [7, 11) is 0. The summed E-state index contributed by atoms with van der Waals surface area (Å²) in [6.45, 7) is 3.95. The van der Waals surface area contributed by atoms with Crippen LogP contribution in [-0.2, 0) is 14.3 Å². The van der Waals surface area contributed by atoms with Crippen LogP contribution in [0.1, 0.15) is 6.92 Å². The number of hydrogen-bond acceptors (Lipinski definition) is 7. The third kappa shape index (κ3) is 4.01. The largest absolute Gasteiger partial charge is 0.462 e. The quantitative estimate of drug-likeness (QED) is 0.333. The van der Waals surface area contributed by atoms with Gasteiger partial charge in [-0.1, -0.05) is 0 Å². The first kappa shape index (κ1) is 15.5. The van der Waals surface area contributed by atoms with Crippen molar-refractivity contribution in [3.8, 4) is 12.1 Å². The fourth-order valence-electron chi connectivity index (χ4n) is 1.63. The minimum atomic E-state index is -0.766. The van der Waals surface area contributed by atoms with Gasteiger partial charge in [0.25, 0.3) is 0 Å². The molecule has 7 heteroatoms. The van der Waals surface area contributed by atoms with E-state index in [9.17, 15) is 4.79 Å². The number of nitrogens with two attached hydrogens (primary N) is 1. The zero-order chi connectivity index (χ0) is 15.0. The lowest BCUT2D eigenvalue weighted by molar-refractivity contribution is -0.138. The van der Waals surface area contributed by atoms with Gasteiger partial charge in [0.1, 0.15) is 23.5 Å². The number of esters is 1. The van der Waals surface area contributed by atoms with Gasteiger partial charge in [-0.3, -0.25) is 0 Å². The van der Waals surface area contributed by atoms with Gasteiger partial charge in [0.2, 0.25) is 0 Å². The molecule has 20 heavy (non-hydrogen) atoms. The second-order valence-electron chi connectivity index (χ2n) is 3.90. The molecule has 2 N–H and O–H groups in total. The van der Waals surface area contributed by atoms with Crippen LogP contribution in [0.15, 0.2) is 23.0 Å². The predicted molar refractivity (Wildman–Crippen MR) is 69.5 cm³/mol. The summed E-state index contributed by atoms with van der Waals surface area (Å²) >= 11 is 0. The monoisotopic (exact) mass is 276 g/mol. The maximum absolute atomic E-state index is 11.5. The summed E-state index contributed by atoms with van der Waals surface area (Å²) in [6, 6.07) is 3.61. The van der Waals surface area contributed by atoms with E-state index in [1.807, 2.05) is 6.07 Å². The first-order valence-electron chi connectivity index (χ1n) is 6.15. The summed E-state index contributed by atoms with van der Waals surface area (Å²) in [5.74, 6) is -0.537. The number of ether oxygens (including phenoxy) is 2. The van der Waals surface area contributed by atoms with Crippen molar-refractivity contribution in [2.75, 3.05) is 32.9 Å². The summed E-state index contributed by atoms with van der Waals surface area (Å²) in [4.78, 5) is 13.3. The lowest BCUT2D eigenvalue weighted by Crippen LogP contribution is -2.39. The first-order chi connectivity index (χ1) is 9.63. The maximum Gasteiger partial charge on any atom is 0.348 e. The van der Waals surface area contributed by atoms with Crippen LogP contribution in [-0.4, -0.2) is 43.8 Å². The molecule has 0 bridgehead atoms. The Morgan fingerprint density at radius 3 is 2.55 bits per heavy atom. The molecule has 1 fully saturated rings. The lowest BCUT2D eigenvalue weighted by Gasteiger charge is -2.29. The zero-order valence-electron chi connectivity index (χ0n) is 11.3. The maximum atomic E-state index is 11.5. The molecule has 0 aliphatic carbocycles. The molecule has 1 heterocycles. The topological polar surface area (TPSA) is 112 Å². The van der Waals surface area contributed by atoms with Crippen LogP contribution in [0.5, 0.6) is 0 Å². The fraction of sp³-hybridized carbons (Fsp3) is 0.462. The third-order valence-electron chi connectivity index (χ3n) is 2.65. The molecule has 0 unspecified atom stereocenters. The molecule has 1 aliphatic heterocycles. The van der Waals surface area contributed by atoms with Gasteiger partial charge in [0.05, 0.1) is 25.4 Å². The average molecular weight is 276 g/mol. The fourth-order valence-corrected chi connectivity index (χ4v) is 1.63. The number of carbonyl (C=O) groups is 1. The van der Waals surface area contributed by atoms with Crippen molar-refractivity contribution in [2.45, 2.75) is 6.92 Å². The van der Waals surface area contributed by atoms with Gasteiger partial charge >= 0.3 is 5.97 Å². The molecule has 0 saturated carbocycles. The van der Waals surface area contributed by atoms with Crippen molar-refractivity contribution < 1.29 is 14.3 Å². The second kappa shape index (κ2) is 7.82. The zero-order valence-corrected chi connectivity index (χ0v) is 11.3. The molecule has 0 aromatic carbocycles. The molecule has 1 rings (SSSR count). The Morgan fingerprint density at radius 1 is 1.40 bits per heavy atom. The molecule has 1 aliphatic rings. The van der Waals surface area contributed by atoms with Gasteiger partial charge < -0.3 is 20.1 Å².